The Bertz CT molecular complexity index is 773. The summed E-state index contributed by atoms with van der Waals surface area (Å²) in [6.07, 6.45) is 11.7. The molecule has 0 heterocycles. The van der Waals surface area contributed by atoms with Gasteiger partial charge in [-0.05, 0) is 121 Å². The van der Waals surface area contributed by atoms with Crippen molar-refractivity contribution in [2.45, 2.75) is 131 Å². The number of hydrogen-bond acceptors (Lipinski definition) is 2. The summed E-state index contributed by atoms with van der Waals surface area (Å²) in [6.45, 7) is 19.8. The van der Waals surface area contributed by atoms with Crippen LogP contribution in [0.15, 0.2) is 0 Å². The summed E-state index contributed by atoms with van der Waals surface area (Å²) in [4.78, 5) is 0. The zero-order valence-electron chi connectivity index (χ0n) is 22.4. The average molecular weight is 445 g/mol. The largest absolute Gasteiger partial charge is 0.393 e. The predicted octanol–water partition coefficient (Wildman–Crippen LogP) is 7.22. The van der Waals surface area contributed by atoms with Crippen LogP contribution in [0.3, 0.4) is 0 Å². The monoisotopic (exact) mass is 444 g/mol. The summed E-state index contributed by atoms with van der Waals surface area (Å²) >= 11 is 0. The Morgan fingerprint density at radius 1 is 0.625 bits per heavy atom. The molecule has 2 nitrogen and oxygen atoms in total. The van der Waals surface area contributed by atoms with E-state index in [-0.39, 0.29) is 22.3 Å². The SMILES string of the molecule is CC(C)[C@H]1CC[C@]2(O)[C@H]3CC[C@@H]4[C@@]5(C)CC[C@H](O)C(C)(C)[C@@H]5CC[C@@]4(C)[C@]3(C)CC[C@]12C. The molecule has 0 radical (unpaired) electrons. The minimum Gasteiger partial charge on any atom is -0.393 e. The van der Waals surface area contributed by atoms with Gasteiger partial charge in [-0.25, -0.2) is 0 Å². The summed E-state index contributed by atoms with van der Waals surface area (Å²) in [5, 5.41) is 23.4. The molecule has 0 unspecified atom stereocenters. The second-order valence-electron chi connectivity index (χ2n) is 15.2. The molecule has 5 aliphatic carbocycles. The number of rotatable bonds is 1. The van der Waals surface area contributed by atoms with E-state index in [2.05, 4.69) is 55.4 Å². The van der Waals surface area contributed by atoms with E-state index in [4.69, 9.17) is 0 Å². The van der Waals surface area contributed by atoms with Gasteiger partial charge < -0.3 is 10.2 Å². The van der Waals surface area contributed by atoms with E-state index >= 15 is 0 Å². The molecule has 0 aromatic rings. The van der Waals surface area contributed by atoms with Gasteiger partial charge in [0.15, 0.2) is 0 Å². The molecule has 5 rings (SSSR count). The van der Waals surface area contributed by atoms with Crippen LogP contribution >= 0.6 is 0 Å². The number of aliphatic hydroxyl groups excluding tert-OH is 1. The van der Waals surface area contributed by atoms with Crippen molar-refractivity contribution in [3.63, 3.8) is 0 Å². The van der Waals surface area contributed by atoms with Gasteiger partial charge in [-0.2, -0.15) is 0 Å². The molecule has 0 aromatic heterocycles. The maximum atomic E-state index is 12.5. The van der Waals surface area contributed by atoms with Gasteiger partial charge in [0.2, 0.25) is 0 Å². The summed E-state index contributed by atoms with van der Waals surface area (Å²) in [5.41, 5.74) is 0.473. The molecule has 0 bridgehead atoms. The van der Waals surface area contributed by atoms with E-state index in [1.807, 2.05) is 0 Å². The zero-order chi connectivity index (χ0) is 23.5. The molecule has 0 aromatic carbocycles. The number of hydrogen-bond donors (Lipinski definition) is 2. The molecule has 0 aliphatic heterocycles. The van der Waals surface area contributed by atoms with Crippen LogP contribution < -0.4 is 0 Å². The molecule has 184 valence electrons. The Labute approximate surface area is 198 Å². The van der Waals surface area contributed by atoms with Crippen molar-refractivity contribution in [2.75, 3.05) is 0 Å². The molecule has 5 fully saturated rings. The first-order valence-corrected chi connectivity index (χ1v) is 14.1. The fraction of sp³-hybridized carbons (Fsp3) is 1.00. The van der Waals surface area contributed by atoms with Gasteiger partial charge in [-0.15, -0.1) is 0 Å². The van der Waals surface area contributed by atoms with Crippen molar-refractivity contribution in [3.05, 3.63) is 0 Å². The lowest BCUT2D eigenvalue weighted by Crippen LogP contribution is -2.70. The van der Waals surface area contributed by atoms with Crippen molar-refractivity contribution in [1.29, 1.82) is 0 Å². The first-order chi connectivity index (χ1) is 14.7. The summed E-state index contributed by atoms with van der Waals surface area (Å²) in [7, 11) is 0. The molecule has 0 saturated heterocycles. The van der Waals surface area contributed by atoms with Crippen molar-refractivity contribution >= 4 is 0 Å². The van der Waals surface area contributed by atoms with Crippen LogP contribution in [0.25, 0.3) is 0 Å². The maximum Gasteiger partial charge on any atom is 0.0737 e. The minimum absolute atomic E-state index is 0.0192. The third-order valence-electron chi connectivity index (χ3n) is 14.0. The highest BCUT2D eigenvalue weighted by Crippen LogP contribution is 2.78. The highest BCUT2D eigenvalue weighted by molar-refractivity contribution is 5.23. The van der Waals surface area contributed by atoms with Crippen molar-refractivity contribution in [1.82, 2.24) is 0 Å². The lowest BCUT2D eigenvalue weighted by atomic mass is 9.32. The number of fused-ring (bicyclic) bond motifs is 7. The minimum atomic E-state index is -0.483. The molecule has 0 spiro atoms. The summed E-state index contributed by atoms with van der Waals surface area (Å²) in [6, 6.07) is 0. The molecule has 5 aliphatic rings. The van der Waals surface area contributed by atoms with Crippen LogP contribution in [-0.4, -0.2) is 21.9 Å². The highest BCUT2D eigenvalue weighted by Gasteiger charge is 2.74. The predicted molar refractivity (Wildman–Crippen MR) is 132 cm³/mol. The van der Waals surface area contributed by atoms with Gasteiger partial charge in [-0.1, -0.05) is 55.4 Å². The molecule has 10 atom stereocenters. The quantitative estimate of drug-likeness (QED) is 0.448. The molecule has 2 N–H and O–H groups in total. The standard InChI is InChI=1S/C30H52O2/c1-19(2)20-11-16-30(32)23-10-9-22-26(5)14-13-24(31)25(3,4)21(26)12-15-28(22,7)29(23,8)18-17-27(20,30)6/h19-24,31-32H,9-18H2,1-8H3/t20-,21+,22-,23+,24+,26+,27-,28-,29-,30+/m1/s1. The molecular weight excluding hydrogens is 392 g/mol. The maximum absolute atomic E-state index is 12.5. The molecule has 2 heteroatoms. The van der Waals surface area contributed by atoms with Crippen LogP contribution in [-0.2, 0) is 0 Å². The van der Waals surface area contributed by atoms with E-state index in [0.29, 0.717) is 34.5 Å². The third-order valence-corrected chi connectivity index (χ3v) is 14.0. The molecule has 32 heavy (non-hydrogen) atoms. The second kappa shape index (κ2) is 6.77. The first-order valence-electron chi connectivity index (χ1n) is 14.1. The zero-order valence-corrected chi connectivity index (χ0v) is 22.4. The van der Waals surface area contributed by atoms with Gasteiger partial charge in [0, 0.05) is 0 Å². The fourth-order valence-electron chi connectivity index (χ4n) is 12.0. The smallest absolute Gasteiger partial charge is 0.0737 e. The van der Waals surface area contributed by atoms with Crippen molar-refractivity contribution in [3.8, 4) is 0 Å². The first kappa shape index (κ1) is 23.7. The van der Waals surface area contributed by atoms with Crippen molar-refractivity contribution < 1.29 is 10.2 Å². The Kier molecular flexibility index (Phi) is 5.01. The third kappa shape index (κ3) is 2.51. The van der Waals surface area contributed by atoms with E-state index in [0.717, 1.165) is 18.8 Å². The van der Waals surface area contributed by atoms with Crippen LogP contribution in [0.4, 0.5) is 0 Å². The Hall–Kier alpha value is -0.0800. The van der Waals surface area contributed by atoms with E-state index < -0.39 is 5.60 Å². The van der Waals surface area contributed by atoms with E-state index in [1.54, 1.807) is 0 Å². The fourth-order valence-corrected chi connectivity index (χ4v) is 12.0. The topological polar surface area (TPSA) is 40.5 Å². The van der Waals surface area contributed by atoms with Gasteiger partial charge in [0.05, 0.1) is 11.7 Å². The van der Waals surface area contributed by atoms with Crippen LogP contribution in [0.1, 0.15) is 120 Å². The second-order valence-corrected chi connectivity index (χ2v) is 15.2. The van der Waals surface area contributed by atoms with Crippen LogP contribution in [0.5, 0.6) is 0 Å². The van der Waals surface area contributed by atoms with Crippen LogP contribution in [0.2, 0.25) is 0 Å². The lowest BCUT2D eigenvalue weighted by molar-refractivity contribution is -0.281. The van der Waals surface area contributed by atoms with Gasteiger partial charge in [-0.3, -0.25) is 0 Å². The van der Waals surface area contributed by atoms with Crippen LogP contribution in [0, 0.1) is 56.7 Å². The Morgan fingerprint density at radius 3 is 1.88 bits per heavy atom. The normalized spacial score (nSPS) is 59.2. The molecule has 5 saturated carbocycles. The van der Waals surface area contributed by atoms with Crippen molar-refractivity contribution in [2.24, 2.45) is 56.7 Å². The summed E-state index contributed by atoms with van der Waals surface area (Å²) in [5.74, 6) is 3.11. The molecule has 0 amide bonds. The summed E-state index contributed by atoms with van der Waals surface area (Å²) < 4.78 is 0. The van der Waals surface area contributed by atoms with E-state index in [1.165, 1.54) is 51.4 Å². The average Bonchev–Trinajstić information content (AvgIpc) is 2.98. The Morgan fingerprint density at radius 2 is 1.22 bits per heavy atom. The lowest BCUT2D eigenvalue weighted by Gasteiger charge is -2.74. The van der Waals surface area contributed by atoms with Gasteiger partial charge in [0.1, 0.15) is 0 Å². The van der Waals surface area contributed by atoms with Gasteiger partial charge >= 0.3 is 0 Å². The van der Waals surface area contributed by atoms with Gasteiger partial charge in [0.25, 0.3) is 0 Å². The van der Waals surface area contributed by atoms with E-state index in [9.17, 15) is 10.2 Å². The highest BCUT2D eigenvalue weighted by atomic mass is 16.3. The number of aliphatic hydroxyl groups is 2. The molecular formula is C30H52O2. The Balaban J connectivity index is 1.54.